The van der Waals surface area contributed by atoms with E-state index in [4.69, 9.17) is 10.5 Å². The maximum atomic E-state index is 11.9. The normalized spacial score (nSPS) is 9.89. The minimum absolute atomic E-state index is 0.150. The minimum atomic E-state index is -0.635. The molecule has 0 spiro atoms. The van der Waals surface area contributed by atoms with Crippen molar-refractivity contribution in [2.45, 2.75) is 13.0 Å². The van der Waals surface area contributed by atoms with Gasteiger partial charge in [-0.15, -0.1) is 0 Å². The summed E-state index contributed by atoms with van der Waals surface area (Å²) in [6.45, 7) is 0.545. The molecule has 0 bridgehead atoms. The molecule has 0 fully saturated rings. The van der Waals surface area contributed by atoms with Gasteiger partial charge >= 0.3 is 12.1 Å². The molecule has 0 unspecified atom stereocenters. The van der Waals surface area contributed by atoms with Crippen molar-refractivity contribution in [1.82, 2.24) is 10.6 Å². The van der Waals surface area contributed by atoms with E-state index in [1.165, 1.54) is 0 Å². The molecule has 6 N–H and O–H groups in total. The number of primary amides is 1. The number of hydrogen-bond donors (Lipinski definition) is 5. The van der Waals surface area contributed by atoms with Gasteiger partial charge in [0.25, 0.3) is 0 Å². The number of methoxy groups -OCH3 is 1. The van der Waals surface area contributed by atoms with E-state index in [1.54, 1.807) is 55.6 Å². The van der Waals surface area contributed by atoms with Gasteiger partial charge in [-0.3, -0.25) is 4.79 Å². The quantitative estimate of drug-likeness (QED) is 0.475. The Hall–Kier alpha value is -3.75. The zero-order chi connectivity index (χ0) is 20.4. The zero-order valence-corrected chi connectivity index (χ0v) is 15.5. The molecular formula is C19H23N5O4. The van der Waals surface area contributed by atoms with Crippen molar-refractivity contribution in [1.29, 1.82) is 0 Å². The van der Waals surface area contributed by atoms with E-state index in [2.05, 4.69) is 21.3 Å². The molecule has 0 atom stereocenters. The first kappa shape index (κ1) is 20.6. The van der Waals surface area contributed by atoms with Gasteiger partial charge in [0.1, 0.15) is 5.75 Å². The van der Waals surface area contributed by atoms with E-state index < -0.39 is 12.1 Å². The van der Waals surface area contributed by atoms with Crippen molar-refractivity contribution >= 4 is 29.3 Å². The van der Waals surface area contributed by atoms with Crippen LogP contribution in [0.25, 0.3) is 0 Å². The summed E-state index contributed by atoms with van der Waals surface area (Å²) in [5.74, 6) is 0.505. The summed E-state index contributed by atoms with van der Waals surface area (Å²) in [5.41, 5.74) is 7.11. The Morgan fingerprint density at radius 1 is 0.893 bits per heavy atom. The fourth-order valence-corrected chi connectivity index (χ4v) is 2.28. The molecule has 0 heterocycles. The van der Waals surface area contributed by atoms with Crippen LogP contribution in [-0.4, -0.2) is 31.6 Å². The topological polar surface area (TPSA) is 135 Å². The van der Waals surface area contributed by atoms with Crippen molar-refractivity contribution in [2.75, 3.05) is 24.3 Å². The highest BCUT2D eigenvalue weighted by molar-refractivity contribution is 5.89. The average molecular weight is 385 g/mol. The van der Waals surface area contributed by atoms with E-state index in [9.17, 15) is 14.4 Å². The third-order valence-corrected chi connectivity index (χ3v) is 3.70. The number of rotatable bonds is 8. The third-order valence-electron chi connectivity index (χ3n) is 3.70. The standard InChI is InChI=1S/C19H23N5O4/c1-28-16-8-6-15(7-9-16)24-19(27)21-11-10-17(25)22-12-13-2-4-14(5-3-13)23-18(20)26/h2-9H,10-12H2,1H3,(H,22,25)(H3,20,23,26)(H2,21,24,27). The molecule has 2 rings (SSSR count). The number of carbonyl (C=O) groups is 3. The second kappa shape index (κ2) is 10.4. The summed E-state index contributed by atoms with van der Waals surface area (Å²) in [6, 6.07) is 12.8. The number of nitrogens with two attached hydrogens (primary N) is 1. The first-order chi connectivity index (χ1) is 13.5. The van der Waals surface area contributed by atoms with Crippen LogP contribution in [0.3, 0.4) is 0 Å². The number of benzene rings is 2. The fraction of sp³-hybridized carbons (Fsp3) is 0.211. The van der Waals surface area contributed by atoms with Gasteiger partial charge in [0, 0.05) is 30.9 Å². The molecule has 0 radical (unpaired) electrons. The van der Waals surface area contributed by atoms with Crippen LogP contribution in [0, 0.1) is 0 Å². The van der Waals surface area contributed by atoms with Crippen LogP contribution in [0.2, 0.25) is 0 Å². The number of carbonyl (C=O) groups excluding carboxylic acids is 3. The molecule has 5 amide bonds. The maximum absolute atomic E-state index is 11.9. The van der Waals surface area contributed by atoms with Crippen LogP contribution in [0.1, 0.15) is 12.0 Å². The Labute approximate surface area is 162 Å². The largest absolute Gasteiger partial charge is 0.497 e. The van der Waals surface area contributed by atoms with Crippen LogP contribution in [0.4, 0.5) is 21.0 Å². The molecule has 0 saturated carbocycles. The molecule has 0 aliphatic heterocycles. The first-order valence-corrected chi connectivity index (χ1v) is 8.57. The minimum Gasteiger partial charge on any atom is -0.497 e. The van der Waals surface area contributed by atoms with Gasteiger partial charge in [-0.2, -0.15) is 0 Å². The molecule has 148 valence electrons. The smallest absolute Gasteiger partial charge is 0.319 e. The monoisotopic (exact) mass is 385 g/mol. The van der Waals surface area contributed by atoms with E-state index in [-0.39, 0.29) is 18.9 Å². The summed E-state index contributed by atoms with van der Waals surface area (Å²) in [5, 5.41) is 10.5. The highest BCUT2D eigenvalue weighted by Crippen LogP contribution is 2.14. The van der Waals surface area contributed by atoms with Gasteiger partial charge in [-0.25, -0.2) is 9.59 Å². The van der Waals surface area contributed by atoms with Gasteiger partial charge in [0.15, 0.2) is 0 Å². The van der Waals surface area contributed by atoms with Crippen molar-refractivity contribution in [3.8, 4) is 5.75 Å². The van der Waals surface area contributed by atoms with Crippen LogP contribution in [-0.2, 0) is 11.3 Å². The van der Waals surface area contributed by atoms with Crippen LogP contribution < -0.4 is 31.7 Å². The summed E-state index contributed by atoms with van der Waals surface area (Å²) in [7, 11) is 1.57. The zero-order valence-electron chi connectivity index (χ0n) is 15.5. The lowest BCUT2D eigenvalue weighted by atomic mass is 10.2. The Bertz CT molecular complexity index is 806. The van der Waals surface area contributed by atoms with Crippen LogP contribution in [0.15, 0.2) is 48.5 Å². The maximum Gasteiger partial charge on any atom is 0.319 e. The molecule has 9 nitrogen and oxygen atoms in total. The number of urea groups is 2. The van der Waals surface area contributed by atoms with E-state index >= 15 is 0 Å². The third kappa shape index (κ3) is 7.24. The Kier molecular flexibility index (Phi) is 7.64. The summed E-state index contributed by atoms with van der Waals surface area (Å²) >= 11 is 0. The summed E-state index contributed by atoms with van der Waals surface area (Å²) in [4.78, 5) is 34.4. The van der Waals surface area contributed by atoms with Crippen molar-refractivity contribution in [3.63, 3.8) is 0 Å². The van der Waals surface area contributed by atoms with Crippen molar-refractivity contribution in [2.24, 2.45) is 5.73 Å². The first-order valence-electron chi connectivity index (χ1n) is 8.57. The molecule has 2 aromatic carbocycles. The number of nitrogens with one attached hydrogen (secondary N) is 4. The molecule has 0 saturated heterocycles. The van der Waals surface area contributed by atoms with E-state index in [1.807, 2.05) is 0 Å². The summed E-state index contributed by atoms with van der Waals surface area (Å²) in [6.07, 6.45) is 0.150. The molecule has 0 aliphatic carbocycles. The second-order valence-electron chi connectivity index (χ2n) is 5.82. The summed E-state index contributed by atoms with van der Waals surface area (Å²) < 4.78 is 5.05. The van der Waals surface area contributed by atoms with E-state index in [0.29, 0.717) is 23.7 Å². The van der Waals surface area contributed by atoms with Gasteiger partial charge < -0.3 is 31.7 Å². The highest BCUT2D eigenvalue weighted by atomic mass is 16.5. The SMILES string of the molecule is COc1ccc(NC(=O)NCCC(=O)NCc2ccc(NC(N)=O)cc2)cc1. The Morgan fingerprint density at radius 2 is 1.50 bits per heavy atom. The predicted molar refractivity (Wildman–Crippen MR) is 106 cm³/mol. The number of hydrogen-bond acceptors (Lipinski definition) is 4. The Balaban J connectivity index is 1.65. The lowest BCUT2D eigenvalue weighted by Crippen LogP contribution is -2.33. The molecule has 9 heteroatoms. The molecule has 0 aromatic heterocycles. The fourth-order valence-electron chi connectivity index (χ4n) is 2.28. The predicted octanol–water partition coefficient (Wildman–Crippen LogP) is 2.01. The lowest BCUT2D eigenvalue weighted by Gasteiger charge is -2.09. The van der Waals surface area contributed by atoms with Gasteiger partial charge in [0.05, 0.1) is 7.11 Å². The molecule has 2 aromatic rings. The molecule has 0 aliphatic rings. The van der Waals surface area contributed by atoms with Gasteiger partial charge in [0.2, 0.25) is 5.91 Å². The van der Waals surface area contributed by atoms with E-state index in [0.717, 1.165) is 5.56 Å². The highest BCUT2D eigenvalue weighted by Gasteiger charge is 2.05. The number of amides is 5. The molecule has 28 heavy (non-hydrogen) atoms. The lowest BCUT2D eigenvalue weighted by molar-refractivity contribution is -0.121. The molecular weight excluding hydrogens is 362 g/mol. The van der Waals surface area contributed by atoms with Crippen LogP contribution in [0.5, 0.6) is 5.75 Å². The van der Waals surface area contributed by atoms with Gasteiger partial charge in [-0.1, -0.05) is 12.1 Å². The average Bonchev–Trinajstić information content (AvgIpc) is 2.67. The second-order valence-corrected chi connectivity index (χ2v) is 5.82. The number of anilines is 2. The number of ether oxygens (including phenoxy) is 1. The van der Waals surface area contributed by atoms with Gasteiger partial charge in [-0.05, 0) is 42.0 Å². The van der Waals surface area contributed by atoms with Crippen molar-refractivity contribution in [3.05, 3.63) is 54.1 Å². The van der Waals surface area contributed by atoms with Crippen molar-refractivity contribution < 1.29 is 19.1 Å². The Morgan fingerprint density at radius 3 is 2.11 bits per heavy atom. The van der Waals surface area contributed by atoms with Crippen LogP contribution >= 0.6 is 0 Å².